The Kier molecular flexibility index (Phi) is 11.3. The van der Waals surface area contributed by atoms with Crippen molar-refractivity contribution in [3.05, 3.63) is 71.8 Å². The lowest BCUT2D eigenvalue weighted by Gasteiger charge is -2.36. The van der Waals surface area contributed by atoms with Crippen LogP contribution in [0.3, 0.4) is 0 Å². The first-order valence-corrected chi connectivity index (χ1v) is 14.2. The van der Waals surface area contributed by atoms with E-state index in [4.69, 9.17) is 9.47 Å². The fraction of sp³-hybridized carbons (Fsp3) is 0.500. The topological polar surface area (TPSA) is 114 Å². The molecule has 41 heavy (non-hydrogen) atoms. The number of ether oxygens (including phenoxy) is 2. The van der Waals surface area contributed by atoms with E-state index < -0.39 is 35.6 Å². The lowest BCUT2D eigenvalue weighted by Crippen LogP contribution is -2.58. The number of hydrogen-bond acceptors (Lipinski definition) is 6. The second-order valence-corrected chi connectivity index (χ2v) is 11.5. The van der Waals surface area contributed by atoms with E-state index in [1.54, 1.807) is 13.8 Å². The van der Waals surface area contributed by atoms with Crippen molar-refractivity contribution in [1.29, 1.82) is 0 Å². The third-order valence-corrected chi connectivity index (χ3v) is 7.55. The Labute approximate surface area is 243 Å². The molecule has 0 saturated carbocycles. The number of nitrogens with zero attached hydrogens (tertiary/aromatic N) is 1. The molecule has 9 nitrogen and oxygen atoms in total. The summed E-state index contributed by atoms with van der Waals surface area (Å²) in [5.74, 6) is -1.08. The predicted octanol–water partition coefficient (Wildman–Crippen LogP) is 4.25. The number of likely N-dealkylation sites (tertiary alicyclic amines) is 1. The molecule has 222 valence electrons. The number of benzene rings is 2. The Morgan fingerprint density at radius 3 is 2.15 bits per heavy atom. The van der Waals surface area contributed by atoms with Gasteiger partial charge >= 0.3 is 12.1 Å². The molecule has 3 amide bonds. The van der Waals surface area contributed by atoms with Gasteiger partial charge < -0.3 is 20.1 Å². The first kappa shape index (κ1) is 31.6. The largest absolute Gasteiger partial charge is 0.467 e. The van der Waals surface area contributed by atoms with Crippen molar-refractivity contribution in [2.75, 3.05) is 13.7 Å². The van der Waals surface area contributed by atoms with Crippen molar-refractivity contribution in [1.82, 2.24) is 15.5 Å². The molecule has 1 aliphatic rings. The zero-order chi connectivity index (χ0) is 30.0. The Balaban J connectivity index is 1.77. The smallest absolute Gasteiger partial charge is 0.410 e. The van der Waals surface area contributed by atoms with Crippen LogP contribution in [-0.2, 0) is 36.9 Å². The van der Waals surface area contributed by atoms with Crippen molar-refractivity contribution in [3.63, 3.8) is 0 Å². The van der Waals surface area contributed by atoms with Crippen LogP contribution in [0.4, 0.5) is 4.79 Å². The lowest BCUT2D eigenvalue weighted by atomic mass is 9.79. The summed E-state index contributed by atoms with van der Waals surface area (Å²) < 4.78 is 10.4. The predicted molar refractivity (Wildman–Crippen MR) is 156 cm³/mol. The van der Waals surface area contributed by atoms with Crippen LogP contribution in [-0.4, -0.2) is 60.6 Å². The highest BCUT2D eigenvalue weighted by Gasteiger charge is 2.42. The van der Waals surface area contributed by atoms with Crippen LogP contribution in [0.1, 0.15) is 58.1 Å². The molecule has 2 aromatic carbocycles. The summed E-state index contributed by atoms with van der Waals surface area (Å²) in [6.07, 6.45) is 1.42. The van der Waals surface area contributed by atoms with Crippen LogP contribution >= 0.6 is 0 Å². The second-order valence-electron chi connectivity index (χ2n) is 11.5. The van der Waals surface area contributed by atoms with Gasteiger partial charge in [0.2, 0.25) is 11.8 Å². The molecule has 3 rings (SSSR count). The average Bonchev–Trinajstić information content (AvgIpc) is 3.46. The average molecular weight is 566 g/mol. The molecule has 0 bridgehead atoms. The summed E-state index contributed by atoms with van der Waals surface area (Å²) in [6.45, 7) is 7.95. The number of methoxy groups -OCH3 is 1. The number of carbonyl (C=O) groups excluding carboxylic acids is 4. The Bertz CT molecular complexity index is 1170. The molecule has 0 aliphatic carbocycles. The first-order valence-electron chi connectivity index (χ1n) is 14.2. The molecule has 0 aromatic heterocycles. The van der Waals surface area contributed by atoms with Crippen molar-refractivity contribution in [2.45, 2.75) is 78.1 Å². The fourth-order valence-electron chi connectivity index (χ4n) is 4.99. The summed E-state index contributed by atoms with van der Waals surface area (Å²) in [7, 11) is 1.30. The minimum absolute atomic E-state index is 0.117. The first-order chi connectivity index (χ1) is 19.5. The van der Waals surface area contributed by atoms with E-state index in [0.717, 1.165) is 11.1 Å². The molecular weight excluding hydrogens is 522 g/mol. The molecule has 1 aliphatic heterocycles. The Morgan fingerprint density at radius 1 is 0.951 bits per heavy atom. The van der Waals surface area contributed by atoms with E-state index in [2.05, 4.69) is 10.6 Å². The highest BCUT2D eigenvalue weighted by atomic mass is 16.6. The van der Waals surface area contributed by atoms with Gasteiger partial charge in [0.25, 0.3) is 0 Å². The molecule has 2 N–H and O–H groups in total. The molecule has 1 heterocycles. The molecule has 2 aromatic rings. The van der Waals surface area contributed by atoms with E-state index in [1.807, 2.05) is 74.5 Å². The summed E-state index contributed by atoms with van der Waals surface area (Å²) >= 11 is 0. The molecular formula is C32H43N3O6. The Morgan fingerprint density at radius 2 is 1.56 bits per heavy atom. The van der Waals surface area contributed by atoms with Gasteiger partial charge in [-0.25, -0.2) is 9.59 Å². The van der Waals surface area contributed by atoms with Gasteiger partial charge in [-0.2, -0.15) is 0 Å². The van der Waals surface area contributed by atoms with Crippen LogP contribution < -0.4 is 10.6 Å². The summed E-state index contributed by atoms with van der Waals surface area (Å²) in [6, 6.07) is 16.8. The molecule has 3 atom stereocenters. The third-order valence-electron chi connectivity index (χ3n) is 7.55. The maximum Gasteiger partial charge on any atom is 0.410 e. The zero-order valence-electron chi connectivity index (χ0n) is 24.7. The van der Waals surface area contributed by atoms with Gasteiger partial charge in [0.05, 0.1) is 12.5 Å². The number of carbonyl (C=O) groups is 4. The van der Waals surface area contributed by atoms with Crippen molar-refractivity contribution < 1.29 is 28.7 Å². The minimum atomic E-state index is -1.11. The van der Waals surface area contributed by atoms with Gasteiger partial charge in [0.1, 0.15) is 18.7 Å². The third kappa shape index (κ3) is 8.80. The van der Waals surface area contributed by atoms with E-state index >= 15 is 0 Å². The van der Waals surface area contributed by atoms with Crippen LogP contribution in [0.15, 0.2) is 60.7 Å². The highest BCUT2D eigenvalue weighted by molar-refractivity contribution is 5.90. The molecule has 0 radical (unpaired) electrons. The SMILES string of the molecule is COC(=O)[C@H](CC(C)C)NC(=O)C(C)(C)[C@H](Cc1ccccc1)NC(=O)[C@@H]1CCCN1C(=O)OCc1ccccc1. The molecule has 0 spiro atoms. The van der Waals surface area contributed by atoms with Crippen molar-refractivity contribution in [3.8, 4) is 0 Å². The summed E-state index contributed by atoms with van der Waals surface area (Å²) in [5.41, 5.74) is 0.696. The minimum Gasteiger partial charge on any atom is -0.467 e. The standard InChI is InChI=1S/C32H43N3O6/c1-22(2)19-25(29(37)40-5)33-30(38)32(3,4)27(20-23-13-8-6-9-14-23)34-28(36)26-17-12-18-35(26)31(39)41-21-24-15-10-7-11-16-24/h6-11,13-16,22,25-27H,12,17-21H2,1-5H3,(H,33,38)(H,34,36)/t25-,26-,27-/m0/s1. The van der Waals surface area contributed by atoms with E-state index in [1.165, 1.54) is 12.0 Å². The maximum atomic E-state index is 13.7. The number of nitrogens with one attached hydrogen (secondary N) is 2. The van der Waals surface area contributed by atoms with Crippen LogP contribution in [0.25, 0.3) is 0 Å². The van der Waals surface area contributed by atoms with Crippen LogP contribution in [0.2, 0.25) is 0 Å². The summed E-state index contributed by atoms with van der Waals surface area (Å²) in [4.78, 5) is 54.1. The lowest BCUT2D eigenvalue weighted by molar-refractivity contribution is -0.147. The van der Waals surface area contributed by atoms with Crippen LogP contribution in [0.5, 0.6) is 0 Å². The van der Waals surface area contributed by atoms with Gasteiger partial charge in [-0.05, 0) is 56.6 Å². The van der Waals surface area contributed by atoms with Gasteiger partial charge in [0, 0.05) is 12.6 Å². The maximum absolute atomic E-state index is 13.7. The fourth-order valence-corrected chi connectivity index (χ4v) is 4.99. The number of amides is 3. The molecule has 9 heteroatoms. The van der Waals surface area contributed by atoms with E-state index in [-0.39, 0.29) is 24.3 Å². The van der Waals surface area contributed by atoms with Gasteiger partial charge in [-0.15, -0.1) is 0 Å². The van der Waals surface area contributed by atoms with Gasteiger partial charge in [0.15, 0.2) is 0 Å². The zero-order valence-corrected chi connectivity index (χ0v) is 24.7. The molecule has 1 fully saturated rings. The van der Waals surface area contributed by atoms with Crippen LogP contribution in [0, 0.1) is 11.3 Å². The van der Waals surface area contributed by atoms with Gasteiger partial charge in [-0.3, -0.25) is 14.5 Å². The number of rotatable bonds is 12. The number of esters is 1. The second kappa shape index (κ2) is 14.7. The normalized spacial score (nSPS) is 16.5. The number of hydrogen-bond donors (Lipinski definition) is 2. The highest BCUT2D eigenvalue weighted by Crippen LogP contribution is 2.27. The van der Waals surface area contributed by atoms with E-state index in [0.29, 0.717) is 32.2 Å². The van der Waals surface area contributed by atoms with Crippen molar-refractivity contribution >= 4 is 23.9 Å². The van der Waals surface area contributed by atoms with Gasteiger partial charge in [-0.1, -0.05) is 74.5 Å². The molecule has 1 saturated heterocycles. The quantitative estimate of drug-likeness (QED) is 0.372. The Hall–Kier alpha value is -3.88. The molecule has 0 unspecified atom stereocenters. The van der Waals surface area contributed by atoms with Crippen molar-refractivity contribution in [2.24, 2.45) is 11.3 Å². The summed E-state index contributed by atoms with van der Waals surface area (Å²) in [5, 5.41) is 5.94. The monoisotopic (exact) mass is 565 g/mol. The van der Waals surface area contributed by atoms with E-state index in [9.17, 15) is 19.2 Å².